The van der Waals surface area contributed by atoms with Crippen molar-refractivity contribution in [2.24, 2.45) is 16.5 Å². The highest BCUT2D eigenvalue weighted by atomic mass is 16.7. The summed E-state index contributed by atoms with van der Waals surface area (Å²) in [5.41, 5.74) is 1.07. The molecule has 0 radical (unpaired) electrons. The van der Waals surface area contributed by atoms with Crippen LogP contribution in [0.25, 0.3) is 0 Å². The molecule has 1 heterocycles. The number of nitrogens with zero attached hydrogens (tertiary/aromatic N) is 1. The van der Waals surface area contributed by atoms with Gasteiger partial charge in [-0.05, 0) is 6.92 Å². The van der Waals surface area contributed by atoms with Crippen molar-refractivity contribution in [1.82, 2.24) is 0 Å². The molecule has 0 spiro atoms. The molecule has 1 aliphatic rings. The Morgan fingerprint density at radius 3 is 2.23 bits per heavy atom. The van der Waals surface area contributed by atoms with Gasteiger partial charge in [-0.1, -0.05) is 32.9 Å². The van der Waals surface area contributed by atoms with E-state index in [-0.39, 0.29) is 17.4 Å². The number of hydrogen-bond acceptors (Lipinski definition) is 3. The summed E-state index contributed by atoms with van der Waals surface area (Å²) in [6, 6.07) is 0. The van der Waals surface area contributed by atoms with Crippen molar-refractivity contribution in [2.45, 2.75) is 46.8 Å². The Bertz CT molecular complexity index is 215. The Morgan fingerprint density at radius 2 is 2.00 bits per heavy atom. The summed E-state index contributed by atoms with van der Waals surface area (Å²) in [6.45, 7) is 10.1. The van der Waals surface area contributed by atoms with Crippen LogP contribution in [-0.2, 0) is 4.84 Å². The molecule has 13 heavy (non-hydrogen) atoms. The van der Waals surface area contributed by atoms with Crippen LogP contribution >= 0.6 is 0 Å². The predicted octanol–water partition coefficient (Wildman–Crippen LogP) is 1.80. The topological polar surface area (TPSA) is 41.8 Å². The fourth-order valence-electron chi connectivity index (χ4n) is 1.77. The van der Waals surface area contributed by atoms with E-state index in [0.717, 1.165) is 5.71 Å². The summed E-state index contributed by atoms with van der Waals surface area (Å²) in [5.74, 6) is 0.208. The molecule has 0 unspecified atom stereocenters. The molecule has 0 aromatic rings. The van der Waals surface area contributed by atoms with E-state index in [1.807, 2.05) is 0 Å². The summed E-state index contributed by atoms with van der Waals surface area (Å²) >= 11 is 0. The van der Waals surface area contributed by atoms with E-state index in [9.17, 15) is 5.11 Å². The smallest absolute Gasteiger partial charge is 0.160 e. The van der Waals surface area contributed by atoms with Crippen molar-refractivity contribution in [3.05, 3.63) is 0 Å². The van der Waals surface area contributed by atoms with Gasteiger partial charge in [0.05, 0.1) is 11.8 Å². The van der Waals surface area contributed by atoms with Gasteiger partial charge in [-0.3, -0.25) is 0 Å². The van der Waals surface area contributed by atoms with Gasteiger partial charge in [0, 0.05) is 11.3 Å². The lowest BCUT2D eigenvalue weighted by atomic mass is 9.80. The molecule has 3 heteroatoms. The second kappa shape index (κ2) is 3.29. The second-order valence-electron chi connectivity index (χ2n) is 4.83. The lowest BCUT2D eigenvalue weighted by Gasteiger charge is -2.23. The number of aliphatic hydroxyl groups is 1. The average molecular weight is 185 g/mol. The van der Waals surface area contributed by atoms with Crippen molar-refractivity contribution >= 4 is 5.71 Å². The van der Waals surface area contributed by atoms with Crippen LogP contribution in [0.4, 0.5) is 0 Å². The first-order chi connectivity index (χ1) is 5.84. The summed E-state index contributed by atoms with van der Waals surface area (Å²) in [4.78, 5) is 5.20. The number of hydrogen-bond donors (Lipinski definition) is 1. The first kappa shape index (κ1) is 10.5. The second-order valence-corrected chi connectivity index (χ2v) is 4.83. The zero-order chi connectivity index (χ0) is 10.2. The van der Waals surface area contributed by atoms with Gasteiger partial charge < -0.3 is 9.94 Å². The minimum atomic E-state index is -0.460. The summed E-state index contributed by atoms with van der Waals surface area (Å²) in [6.07, 6.45) is -0.632. The highest BCUT2D eigenvalue weighted by Crippen LogP contribution is 2.31. The third-order valence-electron chi connectivity index (χ3n) is 2.44. The Labute approximate surface area is 79.8 Å². The zero-order valence-corrected chi connectivity index (χ0v) is 9.03. The van der Waals surface area contributed by atoms with E-state index in [4.69, 9.17) is 4.84 Å². The van der Waals surface area contributed by atoms with Crippen molar-refractivity contribution in [3.63, 3.8) is 0 Å². The van der Waals surface area contributed by atoms with Gasteiger partial charge >= 0.3 is 0 Å². The van der Waals surface area contributed by atoms with E-state index < -0.39 is 6.10 Å². The maximum atomic E-state index is 9.41. The molecule has 0 fully saturated rings. The van der Waals surface area contributed by atoms with E-state index in [1.165, 1.54) is 0 Å². The lowest BCUT2D eigenvalue weighted by molar-refractivity contribution is -0.0242. The third kappa shape index (κ3) is 2.02. The number of rotatable bonds is 1. The van der Waals surface area contributed by atoms with Crippen molar-refractivity contribution < 1.29 is 9.94 Å². The Kier molecular flexibility index (Phi) is 2.66. The van der Waals surface area contributed by atoms with Crippen LogP contribution in [0.1, 0.15) is 34.6 Å². The molecular formula is C10H19NO2. The zero-order valence-electron chi connectivity index (χ0n) is 9.03. The molecule has 76 valence electrons. The molecular weight excluding hydrogens is 166 g/mol. The first-order valence-corrected chi connectivity index (χ1v) is 4.76. The highest BCUT2D eigenvalue weighted by Gasteiger charge is 2.38. The average Bonchev–Trinajstić information content (AvgIpc) is 2.28. The fraction of sp³-hybridized carbons (Fsp3) is 0.900. The van der Waals surface area contributed by atoms with Crippen LogP contribution in [-0.4, -0.2) is 23.0 Å². The quantitative estimate of drug-likeness (QED) is 0.677. The molecule has 1 N–H and O–H groups in total. The lowest BCUT2D eigenvalue weighted by Crippen LogP contribution is -2.35. The molecule has 0 amide bonds. The molecule has 0 aliphatic carbocycles. The Morgan fingerprint density at radius 1 is 1.46 bits per heavy atom. The third-order valence-corrected chi connectivity index (χ3v) is 2.44. The van der Waals surface area contributed by atoms with Gasteiger partial charge in [0.1, 0.15) is 0 Å². The largest absolute Gasteiger partial charge is 0.389 e. The molecule has 0 bridgehead atoms. The molecule has 1 aliphatic heterocycles. The van der Waals surface area contributed by atoms with Crippen molar-refractivity contribution in [3.8, 4) is 0 Å². The monoisotopic (exact) mass is 185 g/mol. The summed E-state index contributed by atoms with van der Waals surface area (Å²) in [5, 5.41) is 13.5. The minimum Gasteiger partial charge on any atom is -0.389 e. The molecule has 3 atom stereocenters. The first-order valence-electron chi connectivity index (χ1n) is 4.76. The van der Waals surface area contributed by atoms with Crippen LogP contribution in [0.15, 0.2) is 5.16 Å². The van der Waals surface area contributed by atoms with Crippen LogP contribution in [0, 0.1) is 11.3 Å². The minimum absolute atomic E-state index is 0.0308. The van der Waals surface area contributed by atoms with E-state index in [2.05, 4.69) is 32.9 Å². The number of oxime groups is 1. The van der Waals surface area contributed by atoms with Crippen LogP contribution < -0.4 is 0 Å². The number of aliphatic hydroxyl groups excluding tert-OH is 1. The maximum absolute atomic E-state index is 9.41. The fourth-order valence-corrected chi connectivity index (χ4v) is 1.77. The van der Waals surface area contributed by atoms with Gasteiger partial charge in [0.25, 0.3) is 0 Å². The maximum Gasteiger partial charge on any atom is 0.160 e. The van der Waals surface area contributed by atoms with Crippen molar-refractivity contribution in [1.29, 1.82) is 0 Å². The van der Waals surface area contributed by atoms with E-state index >= 15 is 0 Å². The summed E-state index contributed by atoms with van der Waals surface area (Å²) < 4.78 is 0. The van der Waals surface area contributed by atoms with Crippen LogP contribution in [0.3, 0.4) is 0 Å². The molecule has 0 saturated carbocycles. The highest BCUT2D eigenvalue weighted by molar-refractivity contribution is 5.92. The van der Waals surface area contributed by atoms with Gasteiger partial charge in [-0.25, -0.2) is 0 Å². The van der Waals surface area contributed by atoms with E-state index in [0.29, 0.717) is 0 Å². The SMILES string of the molecule is C[C@H](O)[C@H]1ON=C(C(C)(C)C)[C@H]1C. The van der Waals surface area contributed by atoms with Gasteiger partial charge in [0.2, 0.25) is 0 Å². The molecule has 1 rings (SSSR count). The Balaban J connectivity index is 2.74. The predicted molar refractivity (Wildman–Crippen MR) is 52.6 cm³/mol. The van der Waals surface area contributed by atoms with Gasteiger partial charge in [0.15, 0.2) is 6.10 Å². The molecule has 0 aromatic heterocycles. The van der Waals surface area contributed by atoms with Crippen LogP contribution in [0.5, 0.6) is 0 Å². The molecule has 0 aromatic carbocycles. The van der Waals surface area contributed by atoms with Crippen molar-refractivity contribution in [2.75, 3.05) is 0 Å². The molecule has 0 saturated heterocycles. The standard InChI is InChI=1S/C10H19NO2/c1-6-8(7(2)12)13-11-9(6)10(3,4)5/h6-8,12H,1-5H3/t6-,7-,8-/m0/s1. The Hall–Kier alpha value is -0.570. The van der Waals surface area contributed by atoms with Crippen LogP contribution in [0.2, 0.25) is 0 Å². The van der Waals surface area contributed by atoms with Gasteiger partial charge in [-0.2, -0.15) is 0 Å². The van der Waals surface area contributed by atoms with Gasteiger partial charge in [-0.15, -0.1) is 0 Å². The molecule has 3 nitrogen and oxygen atoms in total. The normalized spacial score (nSPS) is 31.1. The van der Waals surface area contributed by atoms with E-state index in [1.54, 1.807) is 6.92 Å². The summed E-state index contributed by atoms with van der Waals surface area (Å²) in [7, 11) is 0.